The zero-order valence-corrected chi connectivity index (χ0v) is 34.9. The Bertz CT molecular complexity index is 3170. The van der Waals surface area contributed by atoms with Crippen LogP contribution < -0.4 is 19.7 Å². The summed E-state index contributed by atoms with van der Waals surface area (Å²) in [7, 11) is 0. The minimum atomic E-state index is -0.989. The highest BCUT2D eigenvalue weighted by molar-refractivity contribution is 5.94. The van der Waals surface area contributed by atoms with Crippen LogP contribution in [0.25, 0.3) is 67.7 Å². The molecule has 1 fully saturated rings. The third-order valence-corrected chi connectivity index (χ3v) is 11.2. The lowest BCUT2D eigenvalue weighted by atomic mass is 10.1. The van der Waals surface area contributed by atoms with E-state index in [2.05, 4.69) is 30.2 Å². The van der Waals surface area contributed by atoms with Crippen LogP contribution in [0.3, 0.4) is 0 Å². The third kappa shape index (κ3) is 8.57. The number of rotatable bonds is 7. The van der Waals surface area contributed by atoms with Gasteiger partial charge < -0.3 is 48.3 Å². The molecule has 0 saturated carbocycles. The van der Waals surface area contributed by atoms with Crippen LogP contribution in [0, 0.1) is 0 Å². The number of nitrogens with one attached hydrogen (secondary N) is 1. The maximum atomic E-state index is 11.0. The van der Waals surface area contributed by atoms with E-state index in [4.69, 9.17) is 38.0 Å². The predicted molar refractivity (Wildman–Crippen MR) is 240 cm³/mol. The molecule has 1 saturated heterocycles. The van der Waals surface area contributed by atoms with Crippen molar-refractivity contribution >= 4 is 57.0 Å². The van der Waals surface area contributed by atoms with Gasteiger partial charge in [0.05, 0.1) is 35.5 Å². The fraction of sp³-hybridized carbons (Fsp3) is 0.163. The van der Waals surface area contributed by atoms with E-state index in [0.29, 0.717) is 64.2 Å². The number of benzene rings is 5. The predicted octanol–water partition coefficient (Wildman–Crippen LogP) is 8.25. The van der Waals surface area contributed by atoms with Gasteiger partial charge in [0.1, 0.15) is 33.9 Å². The van der Waals surface area contributed by atoms with Gasteiger partial charge in [-0.25, -0.2) is 34.3 Å². The molecule has 0 unspecified atom stereocenters. The zero-order chi connectivity index (χ0) is 45.3. The maximum Gasteiger partial charge on any atom is 0.335 e. The second kappa shape index (κ2) is 17.5. The van der Waals surface area contributed by atoms with Crippen LogP contribution in [-0.2, 0) is 12.8 Å². The van der Waals surface area contributed by atoms with Crippen molar-refractivity contribution in [2.24, 2.45) is 0 Å². The zero-order valence-electron chi connectivity index (χ0n) is 34.9. The molecule has 0 spiro atoms. The molecular formula is C49H38N6O11. The fourth-order valence-corrected chi connectivity index (χ4v) is 7.78. The molecule has 3 aliphatic heterocycles. The highest BCUT2D eigenvalue weighted by Gasteiger charge is 2.19. The molecule has 330 valence electrons. The van der Waals surface area contributed by atoms with Crippen molar-refractivity contribution in [3.8, 4) is 45.9 Å². The molecule has 0 radical (unpaired) electrons. The number of piperazine rings is 1. The van der Waals surface area contributed by atoms with Gasteiger partial charge in [-0.1, -0.05) is 0 Å². The SMILES string of the molecule is O=C(O)c1ccc2nc(-c3ccc(N4CCNCC4)nc3)oc2c1.O=C(O)c1ccc2nc(-c3ccc4c(c3)CCO4)oc2c1.O=C(O)c1ccc2oc(-c3ccc4c(c3)CCO4)nc2c1. The van der Waals surface area contributed by atoms with E-state index in [1.165, 1.54) is 36.4 Å². The quantitative estimate of drug-likeness (QED) is 0.118. The van der Waals surface area contributed by atoms with Crippen molar-refractivity contribution in [3.63, 3.8) is 0 Å². The van der Waals surface area contributed by atoms with Gasteiger partial charge in [-0.15, -0.1) is 0 Å². The van der Waals surface area contributed by atoms with E-state index in [1.54, 1.807) is 24.4 Å². The Labute approximate surface area is 373 Å². The van der Waals surface area contributed by atoms with Crippen molar-refractivity contribution in [1.29, 1.82) is 0 Å². The Hall–Kier alpha value is -8.57. The summed E-state index contributed by atoms with van der Waals surface area (Å²) in [5.41, 5.74) is 8.66. The molecule has 3 aliphatic rings. The number of aromatic carboxylic acids is 3. The van der Waals surface area contributed by atoms with Crippen LogP contribution in [0.1, 0.15) is 42.2 Å². The summed E-state index contributed by atoms with van der Waals surface area (Å²) in [5.74, 6) is 1.21. The number of hydrogen-bond acceptors (Lipinski definition) is 14. The highest BCUT2D eigenvalue weighted by Crippen LogP contribution is 2.34. The van der Waals surface area contributed by atoms with Crippen LogP contribution >= 0.6 is 0 Å². The first kappa shape index (κ1) is 41.4. The summed E-state index contributed by atoms with van der Waals surface area (Å²) in [6, 6.07) is 29.5. The molecule has 0 amide bonds. The lowest BCUT2D eigenvalue weighted by Gasteiger charge is -2.28. The van der Waals surface area contributed by atoms with Gasteiger partial charge in [-0.3, -0.25) is 0 Å². The number of pyridine rings is 1. The molecule has 12 rings (SSSR count). The van der Waals surface area contributed by atoms with E-state index in [1.807, 2.05) is 48.5 Å². The molecule has 17 heteroatoms. The fourth-order valence-electron chi connectivity index (χ4n) is 7.78. The Morgan fingerprint density at radius 1 is 0.515 bits per heavy atom. The summed E-state index contributed by atoms with van der Waals surface area (Å²) < 4.78 is 28.0. The lowest BCUT2D eigenvalue weighted by Crippen LogP contribution is -2.43. The van der Waals surface area contributed by atoms with Gasteiger partial charge >= 0.3 is 17.9 Å². The Kier molecular flexibility index (Phi) is 11.0. The molecule has 7 heterocycles. The number of carbonyl (C=O) groups is 3. The second-order valence-corrected chi connectivity index (χ2v) is 15.5. The number of carboxylic acids is 3. The summed E-state index contributed by atoms with van der Waals surface area (Å²) in [4.78, 5) is 52.9. The highest BCUT2D eigenvalue weighted by atomic mass is 16.5. The number of ether oxygens (including phenoxy) is 2. The lowest BCUT2D eigenvalue weighted by molar-refractivity contribution is 0.0686. The maximum absolute atomic E-state index is 11.0. The average molecular weight is 887 g/mol. The van der Waals surface area contributed by atoms with Gasteiger partial charge in [0.2, 0.25) is 17.7 Å². The smallest absolute Gasteiger partial charge is 0.335 e. The number of hydrogen-bond donors (Lipinski definition) is 4. The van der Waals surface area contributed by atoms with E-state index >= 15 is 0 Å². The first-order chi connectivity index (χ1) is 32.1. The van der Waals surface area contributed by atoms with E-state index in [9.17, 15) is 14.4 Å². The molecule has 4 N–H and O–H groups in total. The van der Waals surface area contributed by atoms with Gasteiger partial charge in [0, 0.05) is 56.3 Å². The number of oxazole rings is 3. The van der Waals surface area contributed by atoms with E-state index in [0.717, 1.165) is 84.2 Å². The van der Waals surface area contributed by atoms with Crippen molar-refractivity contribution < 1.29 is 52.4 Å². The monoisotopic (exact) mass is 886 g/mol. The van der Waals surface area contributed by atoms with Crippen molar-refractivity contribution in [1.82, 2.24) is 25.3 Å². The Morgan fingerprint density at radius 2 is 1.00 bits per heavy atom. The minimum absolute atomic E-state index is 0.178. The normalized spacial score (nSPS) is 13.8. The van der Waals surface area contributed by atoms with Crippen molar-refractivity contribution in [2.75, 3.05) is 44.3 Å². The minimum Gasteiger partial charge on any atom is -0.493 e. The largest absolute Gasteiger partial charge is 0.493 e. The summed E-state index contributed by atoms with van der Waals surface area (Å²) in [5, 5.41) is 30.4. The summed E-state index contributed by atoms with van der Waals surface area (Å²) >= 11 is 0. The van der Waals surface area contributed by atoms with Crippen LogP contribution in [0.15, 0.2) is 123 Å². The molecule has 17 nitrogen and oxygen atoms in total. The number of aromatic nitrogens is 4. The molecule has 5 aromatic carbocycles. The standard InChI is InChI=1S/C17H16N4O3.2C16H11NO4/c22-17(23)11-1-3-13-14(9-11)24-16(20-13)12-2-4-15(19-10-12)21-7-5-18-6-8-21;18-16(19)11-1-3-12-14(8-11)21-15(17-12)10-2-4-13-9(7-10)5-6-20-13;18-16(19)11-2-4-14-12(8-11)17-15(21-14)10-1-3-13-9(7-10)5-6-20-13/h1-4,9-10,18H,5-8H2,(H,22,23);2*1-4,7-8H,5-6H2,(H,18,19). The number of anilines is 1. The topological polar surface area (TPSA) is 237 Å². The molecule has 4 aromatic heterocycles. The molecule has 9 aromatic rings. The molecule has 66 heavy (non-hydrogen) atoms. The van der Waals surface area contributed by atoms with E-state index < -0.39 is 17.9 Å². The molecular weight excluding hydrogens is 849 g/mol. The number of fused-ring (bicyclic) bond motifs is 5. The van der Waals surface area contributed by atoms with Gasteiger partial charge in [-0.05, 0) is 114 Å². The van der Waals surface area contributed by atoms with Crippen molar-refractivity contribution in [3.05, 3.63) is 137 Å². The Morgan fingerprint density at radius 3 is 1.53 bits per heavy atom. The molecule has 0 atom stereocenters. The van der Waals surface area contributed by atoms with E-state index in [-0.39, 0.29) is 16.7 Å². The van der Waals surface area contributed by atoms with Crippen LogP contribution in [0.5, 0.6) is 11.5 Å². The third-order valence-electron chi connectivity index (χ3n) is 11.2. The summed E-state index contributed by atoms with van der Waals surface area (Å²) in [6.45, 7) is 5.20. The molecule has 0 aliphatic carbocycles. The Balaban J connectivity index is 0.000000117. The van der Waals surface area contributed by atoms with Crippen LogP contribution in [0.4, 0.5) is 5.82 Å². The van der Waals surface area contributed by atoms with Crippen LogP contribution in [0.2, 0.25) is 0 Å². The second-order valence-electron chi connectivity index (χ2n) is 15.5. The van der Waals surface area contributed by atoms with Gasteiger partial charge in [0.15, 0.2) is 16.7 Å². The number of carboxylic acid groups (broad SMARTS) is 3. The molecule has 0 bridgehead atoms. The summed E-state index contributed by atoms with van der Waals surface area (Å²) in [6.07, 6.45) is 3.50. The van der Waals surface area contributed by atoms with Crippen LogP contribution in [-0.4, -0.2) is 92.6 Å². The average Bonchev–Trinajstić information content (AvgIpc) is 4.20. The first-order valence-corrected chi connectivity index (χ1v) is 21.0. The first-order valence-electron chi connectivity index (χ1n) is 21.0. The van der Waals surface area contributed by atoms with Crippen molar-refractivity contribution in [2.45, 2.75) is 12.8 Å². The van der Waals surface area contributed by atoms with Gasteiger partial charge in [-0.2, -0.15) is 0 Å². The number of nitrogens with zero attached hydrogens (tertiary/aromatic N) is 5. The van der Waals surface area contributed by atoms with Gasteiger partial charge in [0.25, 0.3) is 0 Å².